The van der Waals surface area contributed by atoms with E-state index in [1.54, 1.807) is 14.0 Å². The van der Waals surface area contributed by atoms with E-state index in [-0.39, 0.29) is 54.1 Å². The largest absolute Gasteiger partial charge is 0.461 e. The SMILES string of the molecule is CO[C@@H]1C[C@H](C[C@@H](C)[C@@H]2CC[C@H](C)/C=C(\C)[C@@H](O)[C@@H](OC)C(=O)[C@H](C)C[C@H](C)/C=C/C=C/C=C(\C)[C@H](N3CCCC3)C[C@@H]3CC[C@@H](C)[C@@](O)(O3)C(=O)C(=O)N3CCCC[C@H]3C(=O)O2)CC[C@H]1O. The van der Waals surface area contributed by atoms with E-state index in [4.69, 9.17) is 18.9 Å². The third-order valence-electron chi connectivity index (χ3n) is 15.8. The van der Waals surface area contributed by atoms with Crippen LogP contribution in [0.25, 0.3) is 0 Å². The molecule has 13 heteroatoms. The summed E-state index contributed by atoms with van der Waals surface area (Å²) in [5.41, 5.74) is 1.74. The molecule has 1 saturated carbocycles. The van der Waals surface area contributed by atoms with Gasteiger partial charge in [-0.05, 0) is 152 Å². The normalized spacial score (nSPS) is 41.0. The highest BCUT2D eigenvalue weighted by Gasteiger charge is 2.53. The zero-order valence-electron chi connectivity index (χ0n) is 42.3. The molecule has 15 atom stereocenters. The molecule has 0 aromatic rings. The second kappa shape index (κ2) is 25.7. The van der Waals surface area contributed by atoms with Gasteiger partial charge < -0.3 is 39.2 Å². The highest BCUT2D eigenvalue weighted by molar-refractivity contribution is 6.39. The molecule has 378 valence electrons. The summed E-state index contributed by atoms with van der Waals surface area (Å²) in [7, 11) is 3.07. The number of fused-ring (bicyclic) bond motifs is 3. The number of piperidine rings is 1. The van der Waals surface area contributed by atoms with Crippen molar-refractivity contribution >= 4 is 23.4 Å². The molecule has 2 bridgehead atoms. The molecule has 13 nitrogen and oxygen atoms in total. The minimum absolute atomic E-state index is 0.000312. The first-order valence-corrected chi connectivity index (χ1v) is 25.7. The molecule has 3 saturated heterocycles. The smallest absolute Gasteiger partial charge is 0.329 e. The van der Waals surface area contributed by atoms with E-state index < -0.39 is 65.9 Å². The second-order valence-corrected chi connectivity index (χ2v) is 21.2. The summed E-state index contributed by atoms with van der Waals surface area (Å²) in [5.74, 6) is -5.85. The molecule has 4 heterocycles. The molecule has 0 aromatic heterocycles. The predicted octanol–water partition coefficient (Wildman–Crippen LogP) is 7.45. The van der Waals surface area contributed by atoms with E-state index in [1.807, 2.05) is 45.1 Å². The van der Waals surface area contributed by atoms with Crippen LogP contribution in [0.2, 0.25) is 0 Å². The lowest BCUT2D eigenvalue weighted by Crippen LogP contribution is -2.61. The number of methoxy groups -OCH3 is 2. The Morgan fingerprint density at radius 3 is 2.19 bits per heavy atom. The number of allylic oxidation sites excluding steroid dienone is 6. The fourth-order valence-electron chi connectivity index (χ4n) is 11.5. The number of hydrogen-bond donors (Lipinski definition) is 3. The van der Waals surface area contributed by atoms with Crippen LogP contribution in [0.15, 0.2) is 47.6 Å². The standard InChI is InChI=1S/C54H86N2O11/c1-34-17-11-10-12-18-36(3)44(55-26-15-16-27-55)33-42-23-21-40(7)54(63,67-42)51(60)52(61)56-28-14-13-19-43(56)53(62)66-46(37(4)31-41-22-24-45(57)47(32-41)64-8)25-20-35(2)30-39(6)49(59)50(65-9)48(58)38(5)29-34/h10-12,17-18,30,34-35,37-38,40-47,49-50,57,59,63H,13-16,19-29,31-33H2,1-9H3/b12-10+,17-11+,36-18+,39-30+/t34-,35+,37-,38-,40-,41+,42+,43+,44-,45-,46+,47-,49-,50+,54-/m1/s1. The number of ketones is 2. The molecular weight excluding hydrogens is 853 g/mol. The number of aliphatic hydroxyl groups excluding tert-OH is 2. The van der Waals surface area contributed by atoms with E-state index in [1.165, 1.54) is 12.0 Å². The van der Waals surface area contributed by atoms with Crippen LogP contribution in [0.4, 0.5) is 0 Å². The number of carbonyl (C=O) groups excluding carboxylic acids is 4. The molecule has 0 radical (unpaired) electrons. The van der Waals surface area contributed by atoms with Gasteiger partial charge in [0.15, 0.2) is 5.78 Å². The zero-order valence-corrected chi connectivity index (χ0v) is 42.3. The van der Waals surface area contributed by atoms with Crippen molar-refractivity contribution < 1.29 is 53.4 Å². The van der Waals surface area contributed by atoms with Crippen LogP contribution in [0.3, 0.4) is 0 Å². The fraction of sp³-hybridized carbons (Fsp3) is 0.778. The van der Waals surface area contributed by atoms with Crippen molar-refractivity contribution in [2.24, 2.45) is 35.5 Å². The van der Waals surface area contributed by atoms with E-state index in [9.17, 15) is 34.5 Å². The van der Waals surface area contributed by atoms with Gasteiger partial charge in [-0.1, -0.05) is 76.6 Å². The van der Waals surface area contributed by atoms with Gasteiger partial charge in [-0.15, -0.1) is 0 Å². The average Bonchev–Trinajstić information content (AvgIpc) is 3.85. The van der Waals surface area contributed by atoms with Crippen molar-refractivity contribution in [1.82, 2.24) is 9.80 Å². The van der Waals surface area contributed by atoms with Gasteiger partial charge in [0.1, 0.15) is 24.4 Å². The molecular formula is C54H86N2O11. The van der Waals surface area contributed by atoms with Gasteiger partial charge in [0.05, 0.1) is 18.3 Å². The molecule has 0 spiro atoms. The highest BCUT2D eigenvalue weighted by atomic mass is 16.6. The number of rotatable bonds is 6. The van der Waals surface area contributed by atoms with Gasteiger partial charge >= 0.3 is 5.97 Å². The lowest BCUT2D eigenvalue weighted by Gasteiger charge is -2.43. The molecule has 5 aliphatic rings. The maximum absolute atomic E-state index is 14.5. The summed E-state index contributed by atoms with van der Waals surface area (Å²) in [6.07, 6.45) is 18.1. The maximum Gasteiger partial charge on any atom is 0.329 e. The first-order chi connectivity index (χ1) is 31.9. The zero-order chi connectivity index (χ0) is 49.0. The lowest BCUT2D eigenvalue weighted by atomic mass is 9.78. The number of ether oxygens (including phenoxy) is 4. The summed E-state index contributed by atoms with van der Waals surface area (Å²) in [6.45, 7) is 15.7. The van der Waals surface area contributed by atoms with E-state index in [2.05, 4.69) is 37.8 Å². The number of likely N-dealkylation sites (tertiary alicyclic amines) is 1. The van der Waals surface area contributed by atoms with Crippen molar-refractivity contribution in [2.45, 2.75) is 199 Å². The van der Waals surface area contributed by atoms with Crippen LogP contribution in [0.1, 0.15) is 145 Å². The second-order valence-electron chi connectivity index (χ2n) is 21.2. The Hall–Kier alpha value is -3.04. The Morgan fingerprint density at radius 1 is 0.776 bits per heavy atom. The third-order valence-corrected chi connectivity index (χ3v) is 15.8. The summed E-state index contributed by atoms with van der Waals surface area (Å²) in [6, 6.07) is -1.00. The Morgan fingerprint density at radius 2 is 1.49 bits per heavy atom. The number of amides is 1. The molecule has 1 amide bonds. The first-order valence-electron chi connectivity index (χ1n) is 25.7. The monoisotopic (exact) mass is 939 g/mol. The van der Waals surface area contributed by atoms with Gasteiger partial charge in [-0.3, -0.25) is 19.3 Å². The molecule has 0 aromatic carbocycles. The van der Waals surface area contributed by atoms with Gasteiger partial charge in [-0.2, -0.15) is 0 Å². The Bertz CT molecular complexity index is 1770. The van der Waals surface area contributed by atoms with E-state index in [0.29, 0.717) is 76.2 Å². The summed E-state index contributed by atoms with van der Waals surface area (Å²) < 4.78 is 24.1. The van der Waals surface area contributed by atoms with Crippen LogP contribution in [-0.4, -0.2) is 137 Å². The molecule has 0 unspecified atom stereocenters. The van der Waals surface area contributed by atoms with Crippen LogP contribution in [0.5, 0.6) is 0 Å². The Balaban J connectivity index is 1.46. The first kappa shape index (κ1) is 54.9. The summed E-state index contributed by atoms with van der Waals surface area (Å²) in [4.78, 5) is 60.8. The number of nitrogens with zero attached hydrogens (tertiary/aromatic N) is 2. The molecule has 4 fully saturated rings. The molecule has 1 aliphatic carbocycles. The number of Topliss-reactive ketones (excluding diaryl/α,β-unsaturated/α-hetero) is 2. The average molecular weight is 939 g/mol. The van der Waals surface area contributed by atoms with Crippen molar-refractivity contribution in [3.63, 3.8) is 0 Å². The lowest BCUT2D eigenvalue weighted by molar-refractivity contribution is -0.264. The van der Waals surface area contributed by atoms with Crippen molar-refractivity contribution in [1.29, 1.82) is 0 Å². The van der Waals surface area contributed by atoms with Gasteiger partial charge in [-0.25, -0.2) is 4.79 Å². The predicted molar refractivity (Wildman–Crippen MR) is 259 cm³/mol. The summed E-state index contributed by atoms with van der Waals surface area (Å²) >= 11 is 0. The van der Waals surface area contributed by atoms with Crippen molar-refractivity contribution in [2.75, 3.05) is 33.9 Å². The minimum Gasteiger partial charge on any atom is -0.461 e. The number of carbonyl (C=O) groups is 4. The van der Waals surface area contributed by atoms with E-state index in [0.717, 1.165) is 44.3 Å². The molecule has 67 heavy (non-hydrogen) atoms. The minimum atomic E-state index is -2.34. The van der Waals surface area contributed by atoms with Gasteiger partial charge in [0.25, 0.3) is 11.7 Å². The van der Waals surface area contributed by atoms with Gasteiger partial charge in [0, 0.05) is 38.6 Å². The van der Waals surface area contributed by atoms with Crippen molar-refractivity contribution in [3.8, 4) is 0 Å². The Labute approximate surface area is 401 Å². The molecule has 4 aliphatic heterocycles. The van der Waals surface area contributed by atoms with Gasteiger partial charge in [0.2, 0.25) is 5.79 Å². The molecule has 5 rings (SSSR count). The third kappa shape index (κ3) is 14.5. The van der Waals surface area contributed by atoms with Crippen LogP contribution in [-0.2, 0) is 38.1 Å². The number of cyclic esters (lactones) is 1. The highest BCUT2D eigenvalue weighted by Crippen LogP contribution is 2.38. The van der Waals surface area contributed by atoms with Crippen molar-refractivity contribution in [3.05, 3.63) is 47.6 Å². The van der Waals surface area contributed by atoms with Crippen LogP contribution < -0.4 is 0 Å². The van der Waals surface area contributed by atoms with Crippen LogP contribution in [0, 0.1) is 35.5 Å². The topological polar surface area (TPSA) is 172 Å². The number of esters is 1. The number of aliphatic hydroxyl groups is 3. The summed E-state index contributed by atoms with van der Waals surface area (Å²) in [5, 5.41) is 34.2. The Kier molecular flexibility index (Phi) is 21.1. The quantitative estimate of drug-likeness (QED) is 0.137. The fourth-order valence-corrected chi connectivity index (χ4v) is 11.5. The maximum atomic E-state index is 14.5. The van der Waals surface area contributed by atoms with E-state index >= 15 is 0 Å². The number of hydrogen-bond acceptors (Lipinski definition) is 12. The molecule has 3 N–H and O–H groups in total. The van der Waals surface area contributed by atoms with Crippen LogP contribution >= 0.6 is 0 Å².